The predicted octanol–water partition coefficient (Wildman–Crippen LogP) is 4.37. The van der Waals surface area contributed by atoms with Crippen LogP contribution in [0.4, 0.5) is 0 Å². The van der Waals surface area contributed by atoms with E-state index in [1.165, 1.54) is 7.11 Å². The fourth-order valence-corrected chi connectivity index (χ4v) is 3.35. The lowest BCUT2D eigenvalue weighted by Crippen LogP contribution is -2.28. The van der Waals surface area contributed by atoms with Crippen LogP contribution in [0.5, 0.6) is 17.2 Å². The van der Waals surface area contributed by atoms with Crippen LogP contribution in [0, 0.1) is 0 Å². The maximum Gasteiger partial charge on any atom is 0.257 e. The first-order valence-electron chi connectivity index (χ1n) is 10.8. The summed E-state index contributed by atoms with van der Waals surface area (Å²) in [5.74, 6) is 1.08. The summed E-state index contributed by atoms with van der Waals surface area (Å²) < 4.78 is 16.7. The molecule has 0 spiro atoms. The van der Waals surface area contributed by atoms with Gasteiger partial charge in [0.2, 0.25) is 0 Å². The minimum atomic E-state index is -0.233. The fraction of sp³-hybridized carbons (Fsp3) is 0.231. The van der Waals surface area contributed by atoms with E-state index in [1.54, 1.807) is 48.5 Å². The molecule has 0 aromatic heterocycles. The Balaban J connectivity index is 1.56. The number of carbonyl (C=O) groups is 2. The number of halogens is 1. The number of methoxy groups -OCH3 is 1. The zero-order valence-corrected chi connectivity index (χ0v) is 19.9. The zero-order chi connectivity index (χ0) is 24.3. The molecule has 2 amide bonds. The quantitative estimate of drug-likeness (QED) is 0.424. The number of likely N-dealkylation sites (N-methyl/N-ethyl adjacent to an activating group) is 1. The number of carbonyl (C=O) groups excluding carboxylic acids is 2. The Kier molecular flexibility index (Phi) is 9.17. The molecule has 3 rings (SSSR count). The van der Waals surface area contributed by atoms with Crippen LogP contribution >= 0.6 is 11.6 Å². The van der Waals surface area contributed by atoms with Gasteiger partial charge in [0, 0.05) is 23.7 Å². The molecule has 0 aliphatic rings. The molecule has 34 heavy (non-hydrogen) atoms. The predicted molar refractivity (Wildman–Crippen MR) is 131 cm³/mol. The highest BCUT2D eigenvalue weighted by molar-refractivity contribution is 6.30. The van der Waals surface area contributed by atoms with Crippen LogP contribution in [-0.2, 0) is 17.9 Å². The third-order valence-corrected chi connectivity index (χ3v) is 5.04. The minimum absolute atomic E-state index is 0.101. The monoisotopic (exact) mass is 482 g/mol. The summed E-state index contributed by atoms with van der Waals surface area (Å²) in [7, 11) is 1.52. The smallest absolute Gasteiger partial charge is 0.257 e. The van der Waals surface area contributed by atoms with Crippen molar-refractivity contribution in [1.29, 1.82) is 0 Å². The molecule has 0 unspecified atom stereocenters. The van der Waals surface area contributed by atoms with E-state index in [1.807, 2.05) is 25.1 Å². The lowest BCUT2D eigenvalue weighted by Gasteiger charge is -2.13. The van der Waals surface area contributed by atoms with Crippen LogP contribution in [0.2, 0.25) is 5.02 Å². The van der Waals surface area contributed by atoms with Gasteiger partial charge < -0.3 is 24.8 Å². The summed E-state index contributed by atoms with van der Waals surface area (Å²) in [4.78, 5) is 24.3. The molecule has 178 valence electrons. The summed E-state index contributed by atoms with van der Waals surface area (Å²) in [6, 6.07) is 19.7. The van der Waals surface area contributed by atoms with Crippen LogP contribution in [0.15, 0.2) is 66.7 Å². The van der Waals surface area contributed by atoms with E-state index in [0.29, 0.717) is 47.5 Å². The Morgan fingerprint density at radius 3 is 2.47 bits per heavy atom. The van der Waals surface area contributed by atoms with Crippen molar-refractivity contribution < 1.29 is 23.8 Å². The van der Waals surface area contributed by atoms with E-state index < -0.39 is 0 Å². The van der Waals surface area contributed by atoms with E-state index in [0.717, 1.165) is 11.1 Å². The van der Waals surface area contributed by atoms with E-state index in [9.17, 15) is 9.59 Å². The van der Waals surface area contributed by atoms with Gasteiger partial charge in [-0.2, -0.15) is 0 Å². The van der Waals surface area contributed by atoms with Crippen molar-refractivity contribution >= 4 is 23.4 Å². The van der Waals surface area contributed by atoms with Crippen LogP contribution in [0.1, 0.15) is 28.4 Å². The standard InChI is InChI=1S/C26H27ClN2O5/c1-3-28-25(30)17-34-23-11-10-18(13-24(23)32-2)15-29-26(31)20-7-5-9-22(14-20)33-16-19-6-4-8-21(27)12-19/h4-14H,3,15-17H2,1-2H3,(H,28,30)(H,29,31). The summed E-state index contributed by atoms with van der Waals surface area (Å²) in [6.07, 6.45) is 0. The van der Waals surface area contributed by atoms with Crippen LogP contribution in [0.25, 0.3) is 0 Å². The molecule has 0 heterocycles. The highest BCUT2D eigenvalue weighted by Crippen LogP contribution is 2.28. The van der Waals surface area contributed by atoms with Crippen molar-refractivity contribution in [2.45, 2.75) is 20.1 Å². The van der Waals surface area contributed by atoms with E-state index in [-0.39, 0.29) is 18.4 Å². The Morgan fingerprint density at radius 1 is 0.882 bits per heavy atom. The second kappa shape index (κ2) is 12.5. The van der Waals surface area contributed by atoms with E-state index >= 15 is 0 Å². The number of hydrogen-bond donors (Lipinski definition) is 2. The van der Waals surface area contributed by atoms with Gasteiger partial charge in [-0.3, -0.25) is 9.59 Å². The highest BCUT2D eigenvalue weighted by Gasteiger charge is 2.11. The van der Waals surface area contributed by atoms with Gasteiger partial charge in [-0.1, -0.05) is 35.9 Å². The fourth-order valence-electron chi connectivity index (χ4n) is 3.14. The van der Waals surface area contributed by atoms with Gasteiger partial charge in [-0.05, 0) is 60.5 Å². The molecule has 0 saturated heterocycles. The molecule has 0 aliphatic heterocycles. The van der Waals surface area contributed by atoms with Crippen molar-refractivity contribution in [2.75, 3.05) is 20.3 Å². The number of benzene rings is 3. The molecule has 7 nitrogen and oxygen atoms in total. The molecule has 0 bridgehead atoms. The number of ether oxygens (including phenoxy) is 3. The first-order valence-corrected chi connectivity index (χ1v) is 11.2. The van der Waals surface area contributed by atoms with Crippen LogP contribution < -0.4 is 24.8 Å². The molecule has 3 aromatic carbocycles. The third kappa shape index (κ3) is 7.42. The summed E-state index contributed by atoms with van der Waals surface area (Å²) >= 11 is 6.01. The highest BCUT2D eigenvalue weighted by atomic mass is 35.5. The average Bonchev–Trinajstić information content (AvgIpc) is 2.85. The minimum Gasteiger partial charge on any atom is -0.493 e. The first-order chi connectivity index (χ1) is 16.5. The van der Waals surface area contributed by atoms with Crippen molar-refractivity contribution in [3.05, 3.63) is 88.4 Å². The lowest BCUT2D eigenvalue weighted by molar-refractivity contribution is -0.123. The zero-order valence-electron chi connectivity index (χ0n) is 19.1. The Bertz CT molecular complexity index is 1140. The number of amides is 2. The molecule has 0 radical (unpaired) electrons. The SMILES string of the molecule is CCNC(=O)COc1ccc(CNC(=O)c2cccc(OCc3cccc(Cl)c3)c2)cc1OC. The summed E-state index contributed by atoms with van der Waals surface area (Å²) in [5.41, 5.74) is 2.25. The van der Waals surface area contributed by atoms with E-state index in [2.05, 4.69) is 10.6 Å². The van der Waals surface area contributed by atoms with Crippen LogP contribution in [-0.4, -0.2) is 32.1 Å². The Hall–Kier alpha value is -3.71. The third-order valence-electron chi connectivity index (χ3n) is 4.80. The molecule has 0 saturated carbocycles. The normalized spacial score (nSPS) is 10.3. The number of rotatable bonds is 11. The molecular weight excluding hydrogens is 456 g/mol. The number of nitrogens with one attached hydrogen (secondary N) is 2. The van der Waals surface area contributed by atoms with Gasteiger partial charge in [0.15, 0.2) is 18.1 Å². The van der Waals surface area contributed by atoms with Gasteiger partial charge in [0.1, 0.15) is 12.4 Å². The van der Waals surface area contributed by atoms with Gasteiger partial charge in [-0.15, -0.1) is 0 Å². The largest absolute Gasteiger partial charge is 0.493 e. The van der Waals surface area contributed by atoms with Gasteiger partial charge in [0.05, 0.1) is 7.11 Å². The second-order valence-corrected chi connectivity index (χ2v) is 7.79. The summed E-state index contributed by atoms with van der Waals surface area (Å²) in [5, 5.41) is 6.20. The average molecular weight is 483 g/mol. The molecule has 0 fully saturated rings. The lowest BCUT2D eigenvalue weighted by atomic mass is 10.1. The maximum atomic E-state index is 12.7. The molecule has 8 heteroatoms. The number of hydrogen-bond acceptors (Lipinski definition) is 5. The van der Waals surface area contributed by atoms with Crippen LogP contribution in [0.3, 0.4) is 0 Å². The van der Waals surface area contributed by atoms with Crippen molar-refractivity contribution in [3.8, 4) is 17.2 Å². The topological polar surface area (TPSA) is 85.9 Å². The summed E-state index contributed by atoms with van der Waals surface area (Å²) in [6.45, 7) is 2.91. The molecule has 3 aromatic rings. The second-order valence-electron chi connectivity index (χ2n) is 7.36. The maximum absolute atomic E-state index is 12.7. The molecule has 0 aliphatic carbocycles. The molecule has 2 N–H and O–H groups in total. The van der Waals surface area contributed by atoms with Gasteiger partial charge >= 0.3 is 0 Å². The van der Waals surface area contributed by atoms with Crippen molar-refractivity contribution in [2.24, 2.45) is 0 Å². The molecule has 0 atom stereocenters. The Labute approximate surface area is 204 Å². The van der Waals surface area contributed by atoms with Crippen molar-refractivity contribution in [3.63, 3.8) is 0 Å². The van der Waals surface area contributed by atoms with Gasteiger partial charge in [0.25, 0.3) is 11.8 Å². The van der Waals surface area contributed by atoms with Crippen molar-refractivity contribution in [1.82, 2.24) is 10.6 Å². The molecular formula is C26H27ClN2O5. The van der Waals surface area contributed by atoms with Gasteiger partial charge in [-0.25, -0.2) is 0 Å². The Morgan fingerprint density at radius 2 is 1.71 bits per heavy atom. The first kappa shape index (κ1) is 24.9. The van der Waals surface area contributed by atoms with E-state index in [4.69, 9.17) is 25.8 Å².